The number of fused-ring (bicyclic) bond motifs is 3. The molecule has 1 saturated heterocycles. The number of rotatable bonds is 4. The summed E-state index contributed by atoms with van der Waals surface area (Å²) < 4.78 is 20.7. The van der Waals surface area contributed by atoms with E-state index in [1.807, 2.05) is 6.07 Å². The fourth-order valence-electron chi connectivity index (χ4n) is 7.25. The summed E-state index contributed by atoms with van der Waals surface area (Å²) >= 11 is 12.6. The molecule has 6 rings (SSSR count). The molecule has 41 heavy (non-hydrogen) atoms. The Morgan fingerprint density at radius 1 is 1.02 bits per heavy atom. The second-order valence-corrected chi connectivity index (χ2v) is 11.7. The van der Waals surface area contributed by atoms with Gasteiger partial charge in [-0.15, -0.1) is 0 Å². The van der Waals surface area contributed by atoms with Crippen molar-refractivity contribution in [3.63, 3.8) is 0 Å². The minimum atomic E-state index is -1.31. The van der Waals surface area contributed by atoms with Gasteiger partial charge in [0.15, 0.2) is 0 Å². The molecule has 3 atom stereocenters. The molecule has 3 aromatic rings. The van der Waals surface area contributed by atoms with Crippen molar-refractivity contribution in [2.45, 2.75) is 55.0 Å². The number of anilines is 2. The monoisotopic (exact) mass is 595 g/mol. The summed E-state index contributed by atoms with van der Waals surface area (Å²) in [6.07, 6.45) is 3.93. The SMILES string of the molecule is COC(=O)c1ccc(NC(=O)[C@@H]2NC3(CCCCC3)[C@@]3(C(=O)Nc4cc(Cl)ccc43)[C@H]2c2cccc(Cl)c2F)cc1. The number of amides is 2. The largest absolute Gasteiger partial charge is 0.465 e. The normalized spacial score (nSPS) is 24.2. The maximum absolute atomic E-state index is 15.9. The molecule has 212 valence electrons. The van der Waals surface area contributed by atoms with Crippen LogP contribution in [0.2, 0.25) is 10.0 Å². The first-order chi connectivity index (χ1) is 19.7. The predicted octanol–water partition coefficient (Wildman–Crippen LogP) is 6.21. The van der Waals surface area contributed by atoms with E-state index >= 15 is 4.39 Å². The lowest BCUT2D eigenvalue weighted by molar-refractivity contribution is -0.124. The number of halogens is 3. The number of methoxy groups -OCH3 is 1. The molecule has 1 aliphatic carbocycles. The fraction of sp³-hybridized carbons (Fsp3) is 0.323. The number of hydrogen-bond donors (Lipinski definition) is 3. The zero-order valence-electron chi connectivity index (χ0n) is 22.2. The van der Waals surface area contributed by atoms with E-state index in [0.717, 1.165) is 19.3 Å². The van der Waals surface area contributed by atoms with Gasteiger partial charge in [-0.25, -0.2) is 9.18 Å². The van der Waals surface area contributed by atoms with Gasteiger partial charge in [-0.1, -0.05) is 60.7 Å². The molecule has 2 aliphatic heterocycles. The summed E-state index contributed by atoms with van der Waals surface area (Å²) in [5.74, 6) is -2.83. The Morgan fingerprint density at radius 2 is 1.76 bits per heavy atom. The van der Waals surface area contributed by atoms with Gasteiger partial charge in [0.2, 0.25) is 11.8 Å². The van der Waals surface area contributed by atoms with Gasteiger partial charge >= 0.3 is 5.97 Å². The number of nitrogens with one attached hydrogen (secondary N) is 3. The van der Waals surface area contributed by atoms with E-state index in [1.54, 1.807) is 48.5 Å². The third-order valence-electron chi connectivity index (χ3n) is 8.88. The molecule has 3 N–H and O–H groups in total. The first kappa shape index (κ1) is 27.7. The lowest BCUT2D eigenvalue weighted by Crippen LogP contribution is -2.60. The fourth-order valence-corrected chi connectivity index (χ4v) is 7.60. The van der Waals surface area contributed by atoms with E-state index in [0.29, 0.717) is 40.4 Å². The third kappa shape index (κ3) is 4.23. The molecule has 0 unspecified atom stereocenters. The first-order valence-electron chi connectivity index (χ1n) is 13.5. The van der Waals surface area contributed by atoms with Crippen molar-refractivity contribution < 1.29 is 23.5 Å². The minimum absolute atomic E-state index is 0.0884. The first-order valence-corrected chi connectivity index (χ1v) is 14.3. The third-order valence-corrected chi connectivity index (χ3v) is 9.41. The second-order valence-electron chi connectivity index (χ2n) is 10.9. The number of ether oxygens (including phenoxy) is 1. The molecule has 2 heterocycles. The van der Waals surface area contributed by atoms with Crippen LogP contribution in [-0.2, 0) is 19.7 Å². The Bertz CT molecular complexity index is 1560. The van der Waals surface area contributed by atoms with Crippen LogP contribution in [0.4, 0.5) is 15.8 Å². The standard InChI is InChI=1S/C31H28Cl2FN3O4/c1-41-28(39)17-8-11-19(12-9-17)35-27(38)26-24(20-6-5-7-22(33)25(20)34)31(30(37-26)14-3-2-4-15-30)21-13-10-18(32)16-23(21)36-29(31)40/h5-13,16,24,26,37H,2-4,14-15H2,1H3,(H,35,38)(H,36,40)/t24-,26+,31+/m0/s1. The van der Waals surface area contributed by atoms with Crippen LogP contribution < -0.4 is 16.0 Å². The van der Waals surface area contributed by atoms with Crippen molar-refractivity contribution in [2.75, 3.05) is 17.7 Å². The molecule has 0 radical (unpaired) electrons. The summed E-state index contributed by atoms with van der Waals surface area (Å²) in [6.45, 7) is 0. The summed E-state index contributed by atoms with van der Waals surface area (Å²) in [5.41, 5.74) is 0.0641. The van der Waals surface area contributed by atoms with E-state index in [-0.39, 0.29) is 16.5 Å². The van der Waals surface area contributed by atoms with Gasteiger partial charge in [0.25, 0.3) is 0 Å². The Balaban J connectivity index is 1.52. The van der Waals surface area contributed by atoms with E-state index < -0.39 is 40.6 Å². The summed E-state index contributed by atoms with van der Waals surface area (Å²) in [6, 6.07) is 15.2. The molecule has 3 aliphatic rings. The van der Waals surface area contributed by atoms with E-state index in [4.69, 9.17) is 27.9 Å². The van der Waals surface area contributed by atoms with Crippen molar-refractivity contribution in [1.82, 2.24) is 5.32 Å². The number of carbonyl (C=O) groups excluding carboxylic acids is 3. The van der Waals surface area contributed by atoms with Gasteiger partial charge in [-0.05, 0) is 66.4 Å². The molecule has 0 bridgehead atoms. The van der Waals surface area contributed by atoms with E-state index in [9.17, 15) is 14.4 Å². The van der Waals surface area contributed by atoms with Crippen molar-refractivity contribution in [3.05, 3.63) is 93.2 Å². The molecule has 0 aromatic heterocycles. The molecule has 7 nitrogen and oxygen atoms in total. The van der Waals surface area contributed by atoms with Crippen LogP contribution in [0.25, 0.3) is 0 Å². The number of benzene rings is 3. The molecule has 2 fully saturated rings. The van der Waals surface area contributed by atoms with Gasteiger partial charge in [-0.2, -0.15) is 0 Å². The second kappa shape index (κ2) is 10.4. The van der Waals surface area contributed by atoms with E-state index in [1.165, 1.54) is 13.2 Å². The summed E-state index contributed by atoms with van der Waals surface area (Å²) in [5, 5.41) is 9.89. The van der Waals surface area contributed by atoms with Gasteiger partial charge in [0, 0.05) is 27.9 Å². The Morgan fingerprint density at radius 3 is 2.46 bits per heavy atom. The lowest BCUT2D eigenvalue weighted by atomic mass is 9.55. The zero-order chi connectivity index (χ0) is 28.9. The topological polar surface area (TPSA) is 96.5 Å². The summed E-state index contributed by atoms with van der Waals surface area (Å²) in [7, 11) is 1.29. The highest BCUT2D eigenvalue weighted by molar-refractivity contribution is 6.31. The van der Waals surface area contributed by atoms with Crippen LogP contribution in [-0.4, -0.2) is 36.5 Å². The minimum Gasteiger partial charge on any atom is -0.465 e. The van der Waals surface area contributed by atoms with Crippen molar-refractivity contribution in [3.8, 4) is 0 Å². The zero-order valence-corrected chi connectivity index (χ0v) is 23.7. The molecular weight excluding hydrogens is 568 g/mol. The molecule has 10 heteroatoms. The maximum Gasteiger partial charge on any atom is 0.337 e. The van der Waals surface area contributed by atoms with Gasteiger partial charge in [0.1, 0.15) is 11.2 Å². The average Bonchev–Trinajstić information content (AvgIpc) is 3.42. The Labute approximate surface area is 246 Å². The van der Waals surface area contributed by atoms with Crippen LogP contribution in [0.15, 0.2) is 60.7 Å². The van der Waals surface area contributed by atoms with Crippen molar-refractivity contribution in [1.29, 1.82) is 0 Å². The molecule has 2 amide bonds. The van der Waals surface area contributed by atoms with Crippen molar-refractivity contribution in [2.24, 2.45) is 0 Å². The maximum atomic E-state index is 15.9. The molecular formula is C31H28Cl2FN3O4. The van der Waals surface area contributed by atoms with Crippen LogP contribution in [0.1, 0.15) is 59.5 Å². The quantitative estimate of drug-likeness (QED) is 0.312. The lowest BCUT2D eigenvalue weighted by Gasteiger charge is -2.47. The van der Waals surface area contributed by atoms with Crippen LogP contribution in [0.5, 0.6) is 0 Å². The summed E-state index contributed by atoms with van der Waals surface area (Å²) in [4.78, 5) is 40.4. The Kier molecular flexibility index (Phi) is 7.04. The molecule has 1 saturated carbocycles. The van der Waals surface area contributed by atoms with E-state index in [2.05, 4.69) is 16.0 Å². The highest BCUT2D eigenvalue weighted by Crippen LogP contribution is 2.62. The number of carbonyl (C=O) groups is 3. The highest BCUT2D eigenvalue weighted by atomic mass is 35.5. The van der Waals surface area contributed by atoms with Crippen LogP contribution >= 0.6 is 23.2 Å². The highest BCUT2D eigenvalue weighted by Gasteiger charge is 2.72. The Hall–Kier alpha value is -3.46. The number of hydrogen-bond acceptors (Lipinski definition) is 5. The van der Waals surface area contributed by atoms with Crippen molar-refractivity contribution >= 4 is 52.4 Å². The van der Waals surface area contributed by atoms with Crippen LogP contribution in [0, 0.1) is 5.82 Å². The average molecular weight is 596 g/mol. The van der Waals surface area contributed by atoms with Gasteiger partial charge in [-0.3, -0.25) is 14.9 Å². The molecule has 2 spiro atoms. The predicted molar refractivity (Wildman–Crippen MR) is 155 cm³/mol. The van der Waals surface area contributed by atoms with Gasteiger partial charge in [0.05, 0.1) is 23.7 Å². The smallest absolute Gasteiger partial charge is 0.337 e. The van der Waals surface area contributed by atoms with Crippen LogP contribution in [0.3, 0.4) is 0 Å². The number of esters is 1. The molecule has 3 aromatic carbocycles. The van der Waals surface area contributed by atoms with Gasteiger partial charge < -0.3 is 15.4 Å².